The molecule has 2 rings (SSSR count). The van der Waals surface area contributed by atoms with Crippen molar-refractivity contribution >= 4 is 39.1 Å². The van der Waals surface area contributed by atoms with E-state index in [1.54, 1.807) is 6.07 Å². The number of hydrogen-bond acceptors (Lipinski definition) is 2. The van der Waals surface area contributed by atoms with Crippen LogP contribution in [-0.4, -0.2) is 6.04 Å². The average Bonchev–Trinajstić information content (AvgIpc) is 2.43. The summed E-state index contributed by atoms with van der Waals surface area (Å²) in [5, 5.41) is 1.07. The van der Waals surface area contributed by atoms with Crippen LogP contribution in [0.15, 0.2) is 40.9 Å². The smallest absolute Gasteiger partial charge is 0.120 e. The van der Waals surface area contributed by atoms with E-state index in [1.165, 1.54) is 0 Å². The van der Waals surface area contributed by atoms with Gasteiger partial charge in [-0.25, -0.2) is 0 Å². The quantitative estimate of drug-likeness (QED) is 0.761. The van der Waals surface area contributed by atoms with Gasteiger partial charge in [-0.15, -0.1) is 0 Å². The molecule has 0 aliphatic heterocycles. The highest BCUT2D eigenvalue weighted by Gasteiger charge is 2.08. The molecule has 2 nitrogen and oxygen atoms in total. The van der Waals surface area contributed by atoms with Crippen LogP contribution in [0.3, 0.4) is 0 Å². The first-order valence-corrected chi connectivity index (χ1v) is 8.12. The van der Waals surface area contributed by atoms with Crippen LogP contribution in [0.4, 0.5) is 0 Å². The first-order chi connectivity index (χ1) is 9.97. The van der Waals surface area contributed by atoms with Crippen molar-refractivity contribution in [1.82, 2.24) is 0 Å². The Bertz CT molecular complexity index is 632. The van der Waals surface area contributed by atoms with Gasteiger partial charge in [0.2, 0.25) is 0 Å². The fourth-order valence-electron chi connectivity index (χ4n) is 1.97. The van der Waals surface area contributed by atoms with Gasteiger partial charge in [-0.05, 0) is 43.2 Å². The van der Waals surface area contributed by atoms with Crippen LogP contribution >= 0.6 is 39.1 Å². The Morgan fingerprint density at radius 2 is 1.95 bits per heavy atom. The Morgan fingerprint density at radius 1 is 1.19 bits per heavy atom. The number of nitrogens with two attached hydrogens (primary N) is 1. The minimum absolute atomic E-state index is 0.0962. The van der Waals surface area contributed by atoms with Crippen LogP contribution < -0.4 is 10.5 Å². The van der Waals surface area contributed by atoms with E-state index in [4.69, 9.17) is 33.7 Å². The molecule has 1 unspecified atom stereocenters. The van der Waals surface area contributed by atoms with Gasteiger partial charge in [0, 0.05) is 16.1 Å². The maximum absolute atomic E-state index is 6.15. The van der Waals surface area contributed by atoms with Crippen molar-refractivity contribution < 1.29 is 4.74 Å². The second kappa shape index (κ2) is 7.50. The highest BCUT2D eigenvalue weighted by molar-refractivity contribution is 9.10. The Hall–Kier alpha value is -0.740. The van der Waals surface area contributed by atoms with Gasteiger partial charge in [0.25, 0.3) is 0 Å². The minimum Gasteiger partial charge on any atom is -0.489 e. The minimum atomic E-state index is 0.0962. The van der Waals surface area contributed by atoms with E-state index >= 15 is 0 Å². The van der Waals surface area contributed by atoms with Crippen molar-refractivity contribution in [1.29, 1.82) is 0 Å². The first kappa shape index (κ1) is 16.6. The highest BCUT2D eigenvalue weighted by Crippen LogP contribution is 2.28. The van der Waals surface area contributed by atoms with Crippen LogP contribution in [0.2, 0.25) is 10.0 Å². The third-order valence-corrected chi connectivity index (χ3v) is 4.62. The molecule has 5 heteroatoms. The fraction of sp³-hybridized carbons (Fsp3) is 0.250. The van der Waals surface area contributed by atoms with Crippen LogP contribution in [0, 0.1) is 0 Å². The Kier molecular flexibility index (Phi) is 5.94. The van der Waals surface area contributed by atoms with Crippen molar-refractivity contribution in [3.63, 3.8) is 0 Å². The van der Waals surface area contributed by atoms with Gasteiger partial charge in [0.15, 0.2) is 0 Å². The molecule has 0 aliphatic carbocycles. The maximum Gasteiger partial charge on any atom is 0.120 e. The van der Waals surface area contributed by atoms with Crippen molar-refractivity contribution in [2.24, 2.45) is 5.73 Å². The Morgan fingerprint density at radius 3 is 2.67 bits per heavy atom. The summed E-state index contributed by atoms with van der Waals surface area (Å²) in [6.45, 7) is 2.35. The lowest BCUT2D eigenvalue weighted by molar-refractivity contribution is 0.306. The monoisotopic (exact) mass is 387 g/mol. The van der Waals surface area contributed by atoms with Gasteiger partial charge in [0.1, 0.15) is 12.4 Å². The molecule has 2 N–H and O–H groups in total. The molecule has 0 aromatic heterocycles. The molecule has 0 amide bonds. The standard InChI is InChI=1S/C16H16BrCl2NO/c1-10(20)7-12-8-13(5-6-14(12)17)21-9-11-3-2-4-15(18)16(11)19/h2-6,8,10H,7,9,20H2,1H3. The molecule has 21 heavy (non-hydrogen) atoms. The van der Waals surface area contributed by atoms with Crippen molar-refractivity contribution in [3.05, 3.63) is 62.0 Å². The predicted molar refractivity (Wildman–Crippen MR) is 92.3 cm³/mol. The second-order valence-corrected chi connectivity index (χ2v) is 6.58. The summed E-state index contributed by atoms with van der Waals surface area (Å²) >= 11 is 15.7. The molecular formula is C16H16BrCl2NO. The van der Waals surface area contributed by atoms with Crippen molar-refractivity contribution in [2.45, 2.75) is 26.0 Å². The third kappa shape index (κ3) is 4.62. The summed E-state index contributed by atoms with van der Waals surface area (Å²) in [5.74, 6) is 0.782. The fourth-order valence-corrected chi connectivity index (χ4v) is 2.75. The SMILES string of the molecule is CC(N)Cc1cc(OCc2cccc(Cl)c2Cl)ccc1Br. The van der Waals surface area contributed by atoms with E-state index in [0.29, 0.717) is 16.7 Å². The molecule has 2 aromatic rings. The third-order valence-electron chi connectivity index (χ3n) is 2.98. The normalized spacial score (nSPS) is 12.2. The van der Waals surface area contributed by atoms with E-state index < -0.39 is 0 Å². The van der Waals surface area contributed by atoms with Gasteiger partial charge in [-0.2, -0.15) is 0 Å². The number of halogens is 3. The zero-order valence-corrected chi connectivity index (χ0v) is 14.7. The summed E-state index contributed by atoms with van der Waals surface area (Å²) in [6, 6.07) is 11.5. The average molecular weight is 389 g/mol. The number of rotatable bonds is 5. The Balaban J connectivity index is 2.11. The molecule has 0 spiro atoms. The van der Waals surface area contributed by atoms with Gasteiger partial charge < -0.3 is 10.5 Å². The maximum atomic E-state index is 6.15. The van der Waals surface area contributed by atoms with E-state index in [-0.39, 0.29) is 6.04 Å². The zero-order chi connectivity index (χ0) is 15.4. The van der Waals surface area contributed by atoms with Crippen LogP contribution in [0.1, 0.15) is 18.1 Å². The summed E-state index contributed by atoms with van der Waals surface area (Å²) in [5.41, 5.74) is 7.84. The number of ether oxygens (including phenoxy) is 1. The number of benzene rings is 2. The molecule has 112 valence electrons. The molecule has 0 aliphatic rings. The lowest BCUT2D eigenvalue weighted by Gasteiger charge is -2.12. The number of hydrogen-bond donors (Lipinski definition) is 1. The van der Waals surface area contributed by atoms with Crippen molar-refractivity contribution in [2.75, 3.05) is 0 Å². The summed E-state index contributed by atoms with van der Waals surface area (Å²) < 4.78 is 6.84. The topological polar surface area (TPSA) is 35.2 Å². The van der Waals surface area contributed by atoms with Gasteiger partial charge >= 0.3 is 0 Å². The van der Waals surface area contributed by atoms with Crippen LogP contribution in [-0.2, 0) is 13.0 Å². The zero-order valence-electron chi connectivity index (χ0n) is 11.6. The van der Waals surface area contributed by atoms with Gasteiger partial charge in [0.05, 0.1) is 10.0 Å². The van der Waals surface area contributed by atoms with Crippen LogP contribution in [0.5, 0.6) is 5.75 Å². The molecule has 2 aromatic carbocycles. The molecule has 0 saturated carbocycles. The van der Waals surface area contributed by atoms with Crippen molar-refractivity contribution in [3.8, 4) is 5.75 Å². The molecule has 0 saturated heterocycles. The lowest BCUT2D eigenvalue weighted by atomic mass is 10.1. The predicted octanol–water partition coefficient (Wildman–Crippen LogP) is 5.22. The summed E-state index contributed by atoms with van der Waals surface area (Å²) in [4.78, 5) is 0. The molecule has 0 radical (unpaired) electrons. The van der Waals surface area contributed by atoms with E-state index in [9.17, 15) is 0 Å². The van der Waals surface area contributed by atoms with Crippen LogP contribution in [0.25, 0.3) is 0 Å². The van der Waals surface area contributed by atoms with E-state index in [2.05, 4.69) is 15.9 Å². The van der Waals surface area contributed by atoms with E-state index in [1.807, 2.05) is 37.3 Å². The Labute approximate surface area is 143 Å². The molecule has 0 heterocycles. The summed E-state index contributed by atoms with van der Waals surface area (Å²) in [6.07, 6.45) is 0.787. The van der Waals surface area contributed by atoms with E-state index in [0.717, 1.165) is 27.8 Å². The lowest BCUT2D eigenvalue weighted by Crippen LogP contribution is -2.18. The van der Waals surface area contributed by atoms with Gasteiger partial charge in [-0.1, -0.05) is 51.3 Å². The largest absolute Gasteiger partial charge is 0.489 e. The van der Waals surface area contributed by atoms with Gasteiger partial charge in [-0.3, -0.25) is 0 Å². The molecule has 0 fully saturated rings. The second-order valence-electron chi connectivity index (χ2n) is 4.94. The highest BCUT2D eigenvalue weighted by atomic mass is 79.9. The molecule has 0 bridgehead atoms. The molecule has 1 atom stereocenters. The first-order valence-electron chi connectivity index (χ1n) is 6.57. The molecular weight excluding hydrogens is 373 g/mol. The summed E-state index contributed by atoms with van der Waals surface area (Å²) in [7, 11) is 0.